The third-order valence-corrected chi connectivity index (χ3v) is 4.83. The van der Waals surface area contributed by atoms with Gasteiger partial charge in [-0.15, -0.1) is 0 Å². The molecule has 2 nitrogen and oxygen atoms in total. The van der Waals surface area contributed by atoms with Crippen molar-refractivity contribution in [3.63, 3.8) is 0 Å². The molecular formula is C16H25IN2. The molecule has 1 atom stereocenters. The van der Waals surface area contributed by atoms with Crippen molar-refractivity contribution in [2.45, 2.75) is 51.7 Å². The van der Waals surface area contributed by atoms with E-state index in [0.29, 0.717) is 18.1 Å². The predicted octanol–water partition coefficient (Wildman–Crippen LogP) is 3.81. The van der Waals surface area contributed by atoms with Crippen LogP contribution in [0.15, 0.2) is 24.3 Å². The molecule has 1 aromatic carbocycles. The van der Waals surface area contributed by atoms with E-state index in [1.54, 1.807) is 0 Å². The van der Waals surface area contributed by atoms with E-state index in [2.05, 4.69) is 77.8 Å². The fourth-order valence-electron chi connectivity index (χ4n) is 2.78. The number of benzene rings is 1. The van der Waals surface area contributed by atoms with E-state index < -0.39 is 0 Å². The van der Waals surface area contributed by atoms with E-state index in [-0.39, 0.29) is 0 Å². The average molecular weight is 372 g/mol. The van der Waals surface area contributed by atoms with Gasteiger partial charge in [-0.3, -0.25) is 0 Å². The molecule has 0 saturated carbocycles. The highest BCUT2D eigenvalue weighted by molar-refractivity contribution is 14.1. The third kappa shape index (κ3) is 4.43. The lowest BCUT2D eigenvalue weighted by Crippen LogP contribution is -2.45. The molecule has 19 heavy (non-hydrogen) atoms. The van der Waals surface area contributed by atoms with Crippen LogP contribution in [0.25, 0.3) is 0 Å². The number of likely N-dealkylation sites (tertiary alicyclic amines) is 1. The van der Waals surface area contributed by atoms with E-state index in [0.717, 1.165) is 0 Å². The molecule has 3 heteroatoms. The Morgan fingerprint density at radius 3 is 2.21 bits per heavy atom. The lowest BCUT2D eigenvalue weighted by Gasteiger charge is -2.36. The maximum atomic E-state index is 3.78. The minimum atomic E-state index is 0.451. The number of piperidine rings is 1. The highest BCUT2D eigenvalue weighted by Gasteiger charge is 2.21. The Hall–Kier alpha value is -0.130. The zero-order chi connectivity index (χ0) is 13.8. The van der Waals surface area contributed by atoms with Gasteiger partial charge in [0.1, 0.15) is 0 Å². The highest BCUT2D eigenvalue weighted by atomic mass is 127. The van der Waals surface area contributed by atoms with Crippen LogP contribution in [-0.2, 0) is 0 Å². The van der Waals surface area contributed by atoms with Gasteiger partial charge in [0.15, 0.2) is 0 Å². The number of rotatable bonds is 4. The quantitative estimate of drug-likeness (QED) is 0.809. The molecule has 0 bridgehead atoms. The molecule has 1 fully saturated rings. The molecule has 106 valence electrons. The fraction of sp³-hybridized carbons (Fsp3) is 0.625. The standard InChI is InChI=1S/C16H25IN2/c1-12(2)19-10-8-16(9-11-19)18-13(3)14-4-6-15(17)7-5-14/h4-7,12-13,16,18H,8-11H2,1-3H3. The summed E-state index contributed by atoms with van der Waals surface area (Å²) in [4.78, 5) is 2.58. The molecule has 0 aromatic heterocycles. The summed E-state index contributed by atoms with van der Waals surface area (Å²) in [6, 6.07) is 10.7. The molecule has 0 spiro atoms. The van der Waals surface area contributed by atoms with Crippen molar-refractivity contribution < 1.29 is 0 Å². The second-order valence-corrected chi connectivity index (χ2v) is 7.09. The molecule has 0 aliphatic carbocycles. The first kappa shape index (κ1) is 15.3. The van der Waals surface area contributed by atoms with Gasteiger partial charge in [0.2, 0.25) is 0 Å². The van der Waals surface area contributed by atoms with E-state index in [4.69, 9.17) is 0 Å². The third-order valence-electron chi connectivity index (χ3n) is 4.12. The molecule has 1 unspecified atom stereocenters. The number of halogens is 1. The van der Waals surface area contributed by atoms with Crippen LogP contribution >= 0.6 is 22.6 Å². The summed E-state index contributed by atoms with van der Waals surface area (Å²) < 4.78 is 1.30. The lowest BCUT2D eigenvalue weighted by atomic mass is 10.0. The predicted molar refractivity (Wildman–Crippen MR) is 90.4 cm³/mol. The molecule has 1 aliphatic rings. The minimum absolute atomic E-state index is 0.451. The zero-order valence-corrected chi connectivity index (χ0v) is 14.4. The average Bonchev–Trinajstić information content (AvgIpc) is 2.40. The van der Waals surface area contributed by atoms with Gasteiger partial charge in [-0.1, -0.05) is 12.1 Å². The Labute approximate surface area is 131 Å². The van der Waals surface area contributed by atoms with Crippen molar-refractivity contribution >= 4 is 22.6 Å². The van der Waals surface area contributed by atoms with Crippen molar-refractivity contribution in [1.82, 2.24) is 10.2 Å². The highest BCUT2D eigenvalue weighted by Crippen LogP contribution is 2.19. The maximum absolute atomic E-state index is 3.78. The first-order valence-corrected chi connectivity index (χ1v) is 8.39. The molecule has 1 aromatic rings. The van der Waals surface area contributed by atoms with Crippen LogP contribution in [0.5, 0.6) is 0 Å². The summed E-state index contributed by atoms with van der Waals surface area (Å²) in [5, 5.41) is 3.78. The van der Waals surface area contributed by atoms with Gasteiger partial charge in [0.05, 0.1) is 0 Å². The maximum Gasteiger partial charge on any atom is 0.0294 e. The molecule has 1 aliphatic heterocycles. The molecule has 1 N–H and O–H groups in total. The van der Waals surface area contributed by atoms with Gasteiger partial charge in [-0.2, -0.15) is 0 Å². The number of nitrogens with zero attached hydrogens (tertiary/aromatic N) is 1. The van der Waals surface area contributed by atoms with Gasteiger partial charge in [0.25, 0.3) is 0 Å². The van der Waals surface area contributed by atoms with Crippen molar-refractivity contribution in [3.05, 3.63) is 33.4 Å². The molecule has 0 radical (unpaired) electrons. The van der Waals surface area contributed by atoms with Crippen molar-refractivity contribution in [2.24, 2.45) is 0 Å². The Kier molecular flexibility index (Phi) is 5.66. The van der Waals surface area contributed by atoms with E-state index in [9.17, 15) is 0 Å². The fourth-order valence-corrected chi connectivity index (χ4v) is 3.14. The topological polar surface area (TPSA) is 15.3 Å². The smallest absolute Gasteiger partial charge is 0.0294 e. The van der Waals surface area contributed by atoms with Crippen LogP contribution in [0.3, 0.4) is 0 Å². The first-order chi connectivity index (χ1) is 9.06. The molecule has 1 saturated heterocycles. The summed E-state index contributed by atoms with van der Waals surface area (Å²) in [7, 11) is 0. The normalized spacial score (nSPS) is 19.8. The van der Waals surface area contributed by atoms with Crippen LogP contribution in [0.2, 0.25) is 0 Å². The second kappa shape index (κ2) is 7.04. The summed E-state index contributed by atoms with van der Waals surface area (Å²) in [5.74, 6) is 0. The van der Waals surface area contributed by atoms with Crippen molar-refractivity contribution in [1.29, 1.82) is 0 Å². The van der Waals surface area contributed by atoms with E-state index >= 15 is 0 Å². The van der Waals surface area contributed by atoms with Crippen LogP contribution < -0.4 is 5.32 Å². The Bertz CT molecular complexity index is 380. The monoisotopic (exact) mass is 372 g/mol. The Morgan fingerprint density at radius 2 is 1.68 bits per heavy atom. The number of hydrogen-bond donors (Lipinski definition) is 1. The second-order valence-electron chi connectivity index (χ2n) is 5.84. The Morgan fingerprint density at radius 1 is 1.11 bits per heavy atom. The largest absolute Gasteiger partial charge is 0.307 e. The summed E-state index contributed by atoms with van der Waals surface area (Å²) in [6.07, 6.45) is 2.54. The summed E-state index contributed by atoms with van der Waals surface area (Å²) >= 11 is 2.36. The minimum Gasteiger partial charge on any atom is -0.307 e. The summed E-state index contributed by atoms with van der Waals surface area (Å²) in [5.41, 5.74) is 1.40. The Balaban J connectivity index is 1.83. The van der Waals surface area contributed by atoms with Crippen LogP contribution in [0, 0.1) is 3.57 Å². The number of nitrogens with one attached hydrogen (secondary N) is 1. The first-order valence-electron chi connectivity index (χ1n) is 7.32. The number of hydrogen-bond acceptors (Lipinski definition) is 2. The molecule has 1 heterocycles. The van der Waals surface area contributed by atoms with Crippen LogP contribution in [-0.4, -0.2) is 30.1 Å². The van der Waals surface area contributed by atoms with Gasteiger partial charge in [-0.05, 0) is 87.0 Å². The van der Waals surface area contributed by atoms with Gasteiger partial charge < -0.3 is 10.2 Å². The van der Waals surface area contributed by atoms with Crippen LogP contribution in [0.1, 0.15) is 45.2 Å². The molecule has 2 rings (SSSR count). The summed E-state index contributed by atoms with van der Waals surface area (Å²) in [6.45, 7) is 9.32. The van der Waals surface area contributed by atoms with Crippen LogP contribution in [0.4, 0.5) is 0 Å². The van der Waals surface area contributed by atoms with E-state index in [1.807, 2.05) is 0 Å². The lowest BCUT2D eigenvalue weighted by molar-refractivity contribution is 0.157. The van der Waals surface area contributed by atoms with Crippen molar-refractivity contribution in [3.8, 4) is 0 Å². The van der Waals surface area contributed by atoms with Crippen molar-refractivity contribution in [2.75, 3.05) is 13.1 Å². The van der Waals surface area contributed by atoms with Gasteiger partial charge in [0, 0.05) is 21.7 Å². The zero-order valence-electron chi connectivity index (χ0n) is 12.2. The molecular weight excluding hydrogens is 347 g/mol. The van der Waals surface area contributed by atoms with Gasteiger partial charge in [-0.25, -0.2) is 0 Å². The van der Waals surface area contributed by atoms with Gasteiger partial charge >= 0.3 is 0 Å². The SMILES string of the molecule is CC(NC1CCN(C(C)C)CC1)c1ccc(I)cc1. The van der Waals surface area contributed by atoms with E-state index in [1.165, 1.54) is 35.1 Å². The molecule has 0 amide bonds.